The van der Waals surface area contributed by atoms with E-state index in [9.17, 15) is 4.79 Å². The number of carbonyl (C=O) groups is 1. The van der Waals surface area contributed by atoms with Crippen LogP contribution in [0.1, 0.15) is 12.5 Å². The number of hydrogen-bond acceptors (Lipinski definition) is 7. The van der Waals surface area contributed by atoms with Crippen molar-refractivity contribution < 1.29 is 4.79 Å². The number of rotatable bonds is 7. The second kappa shape index (κ2) is 9.19. The van der Waals surface area contributed by atoms with Crippen LogP contribution in [0.25, 0.3) is 22.6 Å². The van der Waals surface area contributed by atoms with Crippen molar-refractivity contribution in [2.45, 2.75) is 18.5 Å². The summed E-state index contributed by atoms with van der Waals surface area (Å²) in [5, 5.41) is 14.5. The van der Waals surface area contributed by atoms with E-state index in [1.165, 1.54) is 28.7 Å². The molecular formula is C21H20N6OS2. The number of pyridine rings is 1. The Morgan fingerprint density at radius 2 is 2.00 bits per heavy atom. The van der Waals surface area contributed by atoms with Gasteiger partial charge in [-0.15, -0.1) is 21.5 Å². The first-order valence-electron chi connectivity index (χ1n) is 9.41. The summed E-state index contributed by atoms with van der Waals surface area (Å²) in [5.41, 5.74) is 4.07. The largest absolute Gasteiger partial charge is 0.305 e. The molecule has 0 saturated heterocycles. The fourth-order valence-corrected chi connectivity index (χ4v) is 4.29. The lowest BCUT2D eigenvalue weighted by Crippen LogP contribution is -2.14. The predicted octanol–water partition coefficient (Wildman–Crippen LogP) is 4.29. The second-order valence-corrected chi connectivity index (χ2v) is 8.33. The van der Waals surface area contributed by atoms with E-state index >= 15 is 0 Å². The van der Waals surface area contributed by atoms with Gasteiger partial charge in [0.2, 0.25) is 5.91 Å². The molecule has 4 rings (SSSR count). The average Bonchev–Trinajstić information content (AvgIpc) is 3.39. The van der Waals surface area contributed by atoms with E-state index in [4.69, 9.17) is 0 Å². The lowest BCUT2D eigenvalue weighted by atomic mass is 10.1. The van der Waals surface area contributed by atoms with Crippen molar-refractivity contribution >= 4 is 34.1 Å². The van der Waals surface area contributed by atoms with Crippen LogP contribution in [0, 0.1) is 0 Å². The van der Waals surface area contributed by atoms with E-state index in [0.717, 1.165) is 23.2 Å². The second-order valence-electron chi connectivity index (χ2n) is 6.53. The number of amides is 1. The molecule has 0 aliphatic heterocycles. The Kier molecular flexibility index (Phi) is 6.20. The zero-order valence-corrected chi connectivity index (χ0v) is 18.2. The van der Waals surface area contributed by atoms with Crippen molar-refractivity contribution in [2.75, 3.05) is 11.1 Å². The summed E-state index contributed by atoms with van der Waals surface area (Å²) in [5.74, 6) is 0.803. The van der Waals surface area contributed by atoms with Crippen LogP contribution in [0.4, 0.5) is 5.13 Å². The summed E-state index contributed by atoms with van der Waals surface area (Å²) in [6, 6.07) is 12.1. The summed E-state index contributed by atoms with van der Waals surface area (Å²) < 4.78 is 1.86. The van der Waals surface area contributed by atoms with Crippen LogP contribution >= 0.6 is 23.1 Å². The standard InChI is InChI=1S/C21H20N6OS2/c1-3-14-6-8-15(9-7-14)17-12-29-20(23-17)24-18(28)13-30-21-26-25-19(27(21)2)16-5-4-10-22-11-16/h4-12H,3,13H2,1-2H3,(H,23,24,28). The van der Waals surface area contributed by atoms with Gasteiger partial charge >= 0.3 is 0 Å². The summed E-state index contributed by atoms with van der Waals surface area (Å²) in [6.45, 7) is 2.13. The molecule has 1 N–H and O–H groups in total. The Morgan fingerprint density at radius 3 is 2.73 bits per heavy atom. The molecule has 3 heterocycles. The van der Waals surface area contributed by atoms with Gasteiger partial charge in [0, 0.05) is 35.9 Å². The highest BCUT2D eigenvalue weighted by Crippen LogP contribution is 2.26. The van der Waals surface area contributed by atoms with E-state index in [1.54, 1.807) is 12.4 Å². The number of anilines is 1. The molecule has 0 aliphatic carbocycles. The highest BCUT2D eigenvalue weighted by molar-refractivity contribution is 7.99. The Labute approximate surface area is 182 Å². The summed E-state index contributed by atoms with van der Waals surface area (Å²) in [7, 11) is 1.87. The van der Waals surface area contributed by atoms with E-state index < -0.39 is 0 Å². The normalized spacial score (nSPS) is 10.9. The minimum atomic E-state index is -0.131. The molecule has 4 aromatic rings. The van der Waals surface area contributed by atoms with Crippen molar-refractivity contribution in [2.24, 2.45) is 7.05 Å². The third-order valence-corrected chi connectivity index (χ3v) is 6.27. The molecule has 0 fully saturated rings. The molecule has 0 bridgehead atoms. The molecule has 152 valence electrons. The summed E-state index contributed by atoms with van der Waals surface area (Å²) >= 11 is 2.75. The molecule has 0 unspecified atom stereocenters. The monoisotopic (exact) mass is 436 g/mol. The maximum Gasteiger partial charge on any atom is 0.236 e. The highest BCUT2D eigenvalue weighted by Gasteiger charge is 2.14. The highest BCUT2D eigenvalue weighted by atomic mass is 32.2. The molecule has 0 saturated carbocycles. The van der Waals surface area contributed by atoms with Gasteiger partial charge in [0.05, 0.1) is 11.4 Å². The molecule has 3 aromatic heterocycles. The molecule has 0 radical (unpaired) electrons. The van der Waals surface area contributed by atoms with Gasteiger partial charge in [0.15, 0.2) is 16.1 Å². The van der Waals surface area contributed by atoms with Gasteiger partial charge in [-0.2, -0.15) is 0 Å². The summed E-state index contributed by atoms with van der Waals surface area (Å²) in [6.07, 6.45) is 4.46. The number of nitrogens with one attached hydrogen (secondary N) is 1. The lowest BCUT2D eigenvalue weighted by Gasteiger charge is -2.04. The van der Waals surface area contributed by atoms with Crippen LogP contribution in [0.2, 0.25) is 0 Å². The van der Waals surface area contributed by atoms with Crippen LogP contribution in [0.3, 0.4) is 0 Å². The molecule has 0 spiro atoms. The Morgan fingerprint density at radius 1 is 1.17 bits per heavy atom. The maximum absolute atomic E-state index is 12.4. The smallest absolute Gasteiger partial charge is 0.236 e. The number of aromatic nitrogens is 5. The molecule has 9 heteroatoms. The van der Waals surface area contributed by atoms with E-state index in [-0.39, 0.29) is 11.7 Å². The average molecular weight is 437 g/mol. The van der Waals surface area contributed by atoms with Gasteiger partial charge in [-0.1, -0.05) is 43.0 Å². The number of thiazole rings is 1. The number of benzene rings is 1. The zero-order chi connectivity index (χ0) is 20.9. The zero-order valence-electron chi connectivity index (χ0n) is 16.6. The van der Waals surface area contributed by atoms with Gasteiger partial charge in [0.25, 0.3) is 0 Å². The lowest BCUT2D eigenvalue weighted by molar-refractivity contribution is -0.113. The first-order chi connectivity index (χ1) is 14.6. The minimum Gasteiger partial charge on any atom is -0.305 e. The number of nitrogens with zero attached hydrogens (tertiary/aromatic N) is 5. The van der Waals surface area contributed by atoms with Crippen LogP contribution in [0.5, 0.6) is 0 Å². The summed E-state index contributed by atoms with van der Waals surface area (Å²) in [4.78, 5) is 21.0. The fraction of sp³-hybridized carbons (Fsp3) is 0.190. The third-order valence-electron chi connectivity index (χ3n) is 4.50. The van der Waals surface area contributed by atoms with Gasteiger partial charge in [-0.25, -0.2) is 4.98 Å². The van der Waals surface area contributed by atoms with Crippen LogP contribution < -0.4 is 5.32 Å². The van der Waals surface area contributed by atoms with Crippen molar-refractivity contribution in [3.8, 4) is 22.6 Å². The van der Waals surface area contributed by atoms with Crippen molar-refractivity contribution in [3.05, 3.63) is 59.7 Å². The van der Waals surface area contributed by atoms with Crippen molar-refractivity contribution in [1.82, 2.24) is 24.7 Å². The van der Waals surface area contributed by atoms with Crippen LogP contribution in [-0.4, -0.2) is 36.4 Å². The van der Waals surface area contributed by atoms with Crippen molar-refractivity contribution in [3.63, 3.8) is 0 Å². The van der Waals surface area contributed by atoms with E-state index in [2.05, 4.69) is 56.7 Å². The van der Waals surface area contributed by atoms with Crippen LogP contribution in [0.15, 0.2) is 59.3 Å². The predicted molar refractivity (Wildman–Crippen MR) is 121 cm³/mol. The Hall–Kier alpha value is -3.04. The third kappa shape index (κ3) is 4.58. The Bertz CT molecular complexity index is 1140. The molecule has 0 atom stereocenters. The van der Waals surface area contributed by atoms with Gasteiger partial charge in [-0.3, -0.25) is 9.78 Å². The number of carbonyl (C=O) groups excluding carboxylic acids is 1. The number of hydrogen-bond donors (Lipinski definition) is 1. The molecule has 1 aromatic carbocycles. The van der Waals surface area contributed by atoms with Gasteiger partial charge in [0.1, 0.15) is 0 Å². The van der Waals surface area contributed by atoms with Gasteiger partial charge in [-0.05, 0) is 24.1 Å². The molecule has 7 nitrogen and oxygen atoms in total. The molecule has 0 aliphatic rings. The Balaban J connectivity index is 1.35. The quantitative estimate of drug-likeness (QED) is 0.435. The van der Waals surface area contributed by atoms with Gasteiger partial charge < -0.3 is 9.88 Å². The molecule has 1 amide bonds. The van der Waals surface area contributed by atoms with E-state index in [0.29, 0.717) is 16.1 Å². The molecular weight excluding hydrogens is 416 g/mol. The van der Waals surface area contributed by atoms with Crippen LogP contribution in [-0.2, 0) is 18.3 Å². The minimum absolute atomic E-state index is 0.131. The van der Waals surface area contributed by atoms with Crippen molar-refractivity contribution in [1.29, 1.82) is 0 Å². The number of aryl methyl sites for hydroxylation is 1. The maximum atomic E-state index is 12.4. The number of thioether (sulfide) groups is 1. The first-order valence-corrected chi connectivity index (χ1v) is 11.3. The SMILES string of the molecule is CCc1ccc(-c2csc(NC(=O)CSc3nnc(-c4cccnc4)n3C)n2)cc1. The fourth-order valence-electron chi connectivity index (χ4n) is 2.85. The van der Waals surface area contributed by atoms with E-state index in [1.807, 2.05) is 29.1 Å². The molecule has 30 heavy (non-hydrogen) atoms. The topological polar surface area (TPSA) is 85.6 Å². The first kappa shape index (κ1) is 20.2.